The molecule has 2 aliphatic rings. The summed E-state index contributed by atoms with van der Waals surface area (Å²) in [6.07, 6.45) is 3.21. The van der Waals surface area contributed by atoms with Crippen LogP contribution in [0.4, 0.5) is 0 Å². The monoisotopic (exact) mass is 438 g/mol. The highest BCUT2D eigenvalue weighted by Crippen LogP contribution is 2.24. The molecule has 0 aliphatic carbocycles. The summed E-state index contributed by atoms with van der Waals surface area (Å²) in [5.74, 6) is 0.0862. The van der Waals surface area contributed by atoms with Crippen LogP contribution in [0.1, 0.15) is 17.2 Å². The summed E-state index contributed by atoms with van der Waals surface area (Å²) < 4.78 is 5.88. The minimum absolute atomic E-state index is 0. The van der Waals surface area contributed by atoms with Gasteiger partial charge < -0.3 is 15.0 Å². The minimum Gasteiger partial charge on any atom is -0.366 e. The van der Waals surface area contributed by atoms with Gasteiger partial charge in [-0.2, -0.15) is 0 Å². The topological polar surface area (TPSA) is 57.7 Å². The van der Waals surface area contributed by atoms with E-state index in [1.54, 1.807) is 6.20 Å². The van der Waals surface area contributed by atoms with Crippen LogP contribution >= 0.6 is 24.8 Å². The van der Waals surface area contributed by atoms with E-state index >= 15 is 0 Å². The van der Waals surface area contributed by atoms with E-state index in [1.165, 1.54) is 5.56 Å². The highest BCUT2D eigenvalue weighted by molar-refractivity contribution is 5.85. The molecule has 3 heterocycles. The number of carbonyl (C=O) groups is 1. The molecule has 2 aliphatic heterocycles. The molecule has 6 nitrogen and oxygen atoms in total. The zero-order valence-corrected chi connectivity index (χ0v) is 17.9. The summed E-state index contributed by atoms with van der Waals surface area (Å²) >= 11 is 0. The molecular weight excluding hydrogens is 411 g/mol. The molecule has 158 valence electrons. The number of piperazine rings is 1. The Kier molecular flexibility index (Phi) is 9.33. The second-order valence-corrected chi connectivity index (χ2v) is 7.12. The van der Waals surface area contributed by atoms with E-state index in [1.807, 2.05) is 29.3 Å². The fourth-order valence-electron chi connectivity index (χ4n) is 3.86. The molecule has 2 saturated heterocycles. The van der Waals surface area contributed by atoms with E-state index in [-0.39, 0.29) is 36.8 Å². The summed E-state index contributed by atoms with van der Waals surface area (Å²) in [4.78, 5) is 21.8. The Hall–Kier alpha value is -1.70. The van der Waals surface area contributed by atoms with Gasteiger partial charge in [-0.15, -0.1) is 24.8 Å². The Morgan fingerprint density at radius 3 is 2.72 bits per heavy atom. The van der Waals surface area contributed by atoms with Crippen molar-refractivity contribution in [3.05, 3.63) is 66.0 Å². The van der Waals surface area contributed by atoms with Crippen LogP contribution in [0.2, 0.25) is 0 Å². The number of nitrogens with one attached hydrogen (secondary N) is 1. The number of hydrogen-bond acceptors (Lipinski definition) is 5. The van der Waals surface area contributed by atoms with E-state index in [2.05, 4.69) is 39.5 Å². The summed E-state index contributed by atoms with van der Waals surface area (Å²) in [7, 11) is 0. The quantitative estimate of drug-likeness (QED) is 0.793. The Labute approximate surface area is 184 Å². The van der Waals surface area contributed by atoms with Gasteiger partial charge >= 0.3 is 0 Å². The Bertz CT molecular complexity index is 751. The Morgan fingerprint density at radius 1 is 1.14 bits per heavy atom. The van der Waals surface area contributed by atoms with Gasteiger partial charge in [0.05, 0.1) is 12.6 Å². The fourth-order valence-corrected chi connectivity index (χ4v) is 3.86. The maximum atomic E-state index is 13.3. The summed E-state index contributed by atoms with van der Waals surface area (Å²) in [5, 5.41) is 3.39. The lowest BCUT2D eigenvalue weighted by Crippen LogP contribution is -2.56. The van der Waals surface area contributed by atoms with Crippen molar-refractivity contribution in [3.8, 4) is 0 Å². The number of benzene rings is 1. The second kappa shape index (κ2) is 11.5. The van der Waals surface area contributed by atoms with Gasteiger partial charge in [-0.1, -0.05) is 36.4 Å². The van der Waals surface area contributed by atoms with Crippen LogP contribution in [0.3, 0.4) is 0 Å². The molecule has 1 aromatic heterocycles. The maximum absolute atomic E-state index is 13.3. The average molecular weight is 439 g/mol. The highest BCUT2D eigenvalue weighted by atomic mass is 35.5. The first-order valence-corrected chi connectivity index (χ1v) is 9.60. The predicted octanol–water partition coefficient (Wildman–Crippen LogP) is 2.30. The summed E-state index contributed by atoms with van der Waals surface area (Å²) in [5.41, 5.74) is 2.33. The molecule has 0 bridgehead atoms. The molecular formula is C21H28Cl2N4O2. The fraction of sp³-hybridized carbons (Fsp3) is 0.429. The molecule has 8 heteroatoms. The van der Waals surface area contributed by atoms with Crippen molar-refractivity contribution in [2.45, 2.75) is 18.7 Å². The number of carbonyl (C=O) groups excluding carboxylic acids is 1. The van der Waals surface area contributed by atoms with Crippen LogP contribution in [0.25, 0.3) is 0 Å². The molecule has 0 spiro atoms. The highest BCUT2D eigenvalue weighted by Gasteiger charge is 2.35. The first kappa shape index (κ1) is 23.6. The predicted molar refractivity (Wildman–Crippen MR) is 118 cm³/mol. The summed E-state index contributed by atoms with van der Waals surface area (Å²) in [6.45, 7) is 5.18. The van der Waals surface area contributed by atoms with Crippen molar-refractivity contribution in [2.24, 2.45) is 0 Å². The van der Waals surface area contributed by atoms with Crippen LogP contribution in [-0.4, -0.2) is 66.1 Å². The van der Waals surface area contributed by atoms with Crippen molar-refractivity contribution < 1.29 is 9.53 Å². The minimum atomic E-state index is -0.403. The van der Waals surface area contributed by atoms with E-state index in [0.29, 0.717) is 19.7 Å². The van der Waals surface area contributed by atoms with Gasteiger partial charge in [0, 0.05) is 51.7 Å². The molecule has 0 radical (unpaired) electrons. The van der Waals surface area contributed by atoms with E-state index in [4.69, 9.17) is 4.74 Å². The van der Waals surface area contributed by atoms with Crippen molar-refractivity contribution in [2.75, 3.05) is 39.3 Å². The number of ether oxygens (including phenoxy) is 1. The molecule has 2 aromatic rings. The molecule has 2 atom stereocenters. The summed E-state index contributed by atoms with van der Waals surface area (Å²) in [6, 6.07) is 14.3. The number of aromatic nitrogens is 1. The van der Waals surface area contributed by atoms with Crippen molar-refractivity contribution in [1.29, 1.82) is 0 Å². The Balaban J connectivity index is 0.00000150. The largest absolute Gasteiger partial charge is 0.366 e. The number of halogens is 2. The molecule has 0 saturated carbocycles. The zero-order valence-electron chi connectivity index (χ0n) is 16.3. The van der Waals surface area contributed by atoms with Crippen LogP contribution in [0, 0.1) is 0 Å². The number of pyridine rings is 1. The zero-order chi connectivity index (χ0) is 18.5. The number of rotatable bonds is 4. The van der Waals surface area contributed by atoms with Crippen molar-refractivity contribution in [3.63, 3.8) is 0 Å². The van der Waals surface area contributed by atoms with Gasteiger partial charge in [0.1, 0.15) is 6.10 Å². The van der Waals surface area contributed by atoms with Crippen LogP contribution < -0.4 is 5.32 Å². The first-order valence-electron chi connectivity index (χ1n) is 9.60. The van der Waals surface area contributed by atoms with E-state index in [9.17, 15) is 4.79 Å². The molecule has 1 amide bonds. The van der Waals surface area contributed by atoms with Crippen molar-refractivity contribution in [1.82, 2.24) is 20.1 Å². The normalized spacial score (nSPS) is 22.3. The van der Waals surface area contributed by atoms with Gasteiger partial charge in [0.2, 0.25) is 0 Å². The lowest BCUT2D eigenvalue weighted by Gasteiger charge is -2.40. The third kappa shape index (κ3) is 5.90. The molecule has 1 aromatic carbocycles. The SMILES string of the molecule is Cl.Cl.O=C(C1CN(Cc2ccccc2)CCO1)N1CCNCC1c1cccnc1. The molecule has 29 heavy (non-hydrogen) atoms. The maximum Gasteiger partial charge on any atom is 0.253 e. The number of nitrogens with zero attached hydrogens (tertiary/aromatic N) is 3. The smallest absolute Gasteiger partial charge is 0.253 e. The van der Waals surface area contributed by atoms with E-state index in [0.717, 1.165) is 31.7 Å². The molecule has 4 rings (SSSR count). The number of morpholine rings is 1. The lowest BCUT2D eigenvalue weighted by molar-refractivity contribution is -0.153. The van der Waals surface area contributed by atoms with Crippen LogP contribution in [0.5, 0.6) is 0 Å². The average Bonchev–Trinajstić information content (AvgIpc) is 2.75. The first-order chi connectivity index (χ1) is 13.3. The van der Waals surface area contributed by atoms with Gasteiger partial charge in [-0.25, -0.2) is 0 Å². The van der Waals surface area contributed by atoms with Crippen molar-refractivity contribution >= 4 is 30.7 Å². The van der Waals surface area contributed by atoms with Gasteiger partial charge in [-0.05, 0) is 17.2 Å². The third-order valence-electron chi connectivity index (χ3n) is 5.27. The van der Waals surface area contributed by atoms with Gasteiger partial charge in [0.15, 0.2) is 0 Å². The van der Waals surface area contributed by atoms with Gasteiger partial charge in [0.25, 0.3) is 5.91 Å². The number of amides is 1. The van der Waals surface area contributed by atoms with Gasteiger partial charge in [-0.3, -0.25) is 14.7 Å². The second-order valence-electron chi connectivity index (χ2n) is 7.12. The molecule has 2 fully saturated rings. The van der Waals surface area contributed by atoms with Crippen LogP contribution in [-0.2, 0) is 16.1 Å². The molecule has 2 unspecified atom stereocenters. The lowest BCUT2D eigenvalue weighted by atomic mass is 10.0. The number of hydrogen-bond donors (Lipinski definition) is 1. The third-order valence-corrected chi connectivity index (χ3v) is 5.27. The van der Waals surface area contributed by atoms with Crippen LogP contribution in [0.15, 0.2) is 54.9 Å². The van der Waals surface area contributed by atoms with E-state index < -0.39 is 6.10 Å². The Morgan fingerprint density at radius 2 is 1.97 bits per heavy atom. The standard InChI is InChI=1S/C21H26N4O2.2ClH/c26-21(25-10-9-23-14-19(25)18-7-4-8-22-13-18)20-16-24(11-12-27-20)15-17-5-2-1-3-6-17;;/h1-8,13,19-20,23H,9-12,14-16H2;2*1H. The molecule has 1 N–H and O–H groups in total.